The zero-order valence-electron chi connectivity index (χ0n) is 13.9. The molecule has 2 aliphatic rings. The van der Waals surface area contributed by atoms with Gasteiger partial charge in [0.25, 0.3) is 0 Å². The van der Waals surface area contributed by atoms with Gasteiger partial charge in [0.1, 0.15) is 0 Å². The molecule has 1 aliphatic carbocycles. The second kappa shape index (κ2) is 8.36. The first-order valence-corrected chi connectivity index (χ1v) is 8.55. The molecule has 22 heavy (non-hydrogen) atoms. The van der Waals surface area contributed by atoms with Crippen LogP contribution in [0.3, 0.4) is 0 Å². The number of likely N-dealkylation sites (N-methyl/N-ethyl adjacent to an activating group) is 1. The minimum atomic E-state index is -0.0123. The summed E-state index contributed by atoms with van der Waals surface area (Å²) in [6.07, 6.45) is 6.55. The molecule has 0 radical (unpaired) electrons. The first kappa shape index (κ1) is 17.1. The van der Waals surface area contributed by atoms with Gasteiger partial charge >= 0.3 is 6.03 Å². The monoisotopic (exact) mass is 310 g/mol. The Bertz CT molecular complexity index is 380. The molecule has 2 fully saturated rings. The van der Waals surface area contributed by atoms with Crippen LogP contribution < -0.4 is 10.6 Å². The van der Waals surface area contributed by atoms with Gasteiger partial charge in [0, 0.05) is 38.1 Å². The first-order chi connectivity index (χ1) is 10.6. The largest absolute Gasteiger partial charge is 0.354 e. The van der Waals surface area contributed by atoms with E-state index in [0.29, 0.717) is 19.1 Å². The van der Waals surface area contributed by atoms with Crippen LogP contribution in [0.5, 0.6) is 0 Å². The van der Waals surface area contributed by atoms with Crippen LogP contribution in [0.2, 0.25) is 0 Å². The summed E-state index contributed by atoms with van der Waals surface area (Å²) in [5.74, 6) is 0.344. The third-order valence-corrected chi connectivity index (χ3v) is 4.84. The van der Waals surface area contributed by atoms with Crippen molar-refractivity contribution in [2.75, 3.05) is 40.3 Å². The quantitative estimate of drug-likeness (QED) is 0.746. The topological polar surface area (TPSA) is 64.7 Å². The molecule has 6 heteroatoms. The van der Waals surface area contributed by atoms with E-state index < -0.39 is 0 Å². The number of urea groups is 1. The van der Waals surface area contributed by atoms with Crippen LogP contribution in [0.4, 0.5) is 4.79 Å². The second-order valence-corrected chi connectivity index (χ2v) is 6.71. The van der Waals surface area contributed by atoms with Crippen molar-refractivity contribution in [3.05, 3.63) is 0 Å². The summed E-state index contributed by atoms with van der Waals surface area (Å²) in [7, 11) is 4.12. The third kappa shape index (κ3) is 4.87. The van der Waals surface area contributed by atoms with Crippen molar-refractivity contribution in [1.29, 1.82) is 0 Å². The Morgan fingerprint density at radius 3 is 2.41 bits per heavy atom. The Hall–Kier alpha value is -1.30. The minimum absolute atomic E-state index is 0.0123. The number of carbonyl (C=O) groups excluding carboxylic acids is 2. The maximum atomic E-state index is 12.2. The highest BCUT2D eigenvalue weighted by Crippen LogP contribution is 2.24. The molecule has 1 aliphatic heterocycles. The average molecular weight is 310 g/mol. The van der Waals surface area contributed by atoms with E-state index in [2.05, 4.69) is 29.6 Å². The van der Waals surface area contributed by atoms with Crippen molar-refractivity contribution >= 4 is 11.9 Å². The standard InChI is InChI=1S/C16H30N4O2/c1-19(2)14-8-5-11-20(12-14)16(22)18-10-9-17-15(21)13-6-3-4-7-13/h13-14H,3-12H2,1-2H3,(H,17,21)(H,18,22)/t14-/m1/s1. The smallest absolute Gasteiger partial charge is 0.317 e. The number of hydrogen-bond acceptors (Lipinski definition) is 3. The number of nitrogens with one attached hydrogen (secondary N) is 2. The number of nitrogens with zero attached hydrogens (tertiary/aromatic N) is 2. The van der Waals surface area contributed by atoms with Gasteiger partial charge in [-0.25, -0.2) is 4.79 Å². The Labute approximate surface area is 133 Å². The van der Waals surface area contributed by atoms with Crippen LogP contribution in [0.15, 0.2) is 0 Å². The Morgan fingerprint density at radius 2 is 1.73 bits per heavy atom. The van der Waals surface area contributed by atoms with E-state index in [0.717, 1.165) is 51.6 Å². The number of amides is 3. The Kier molecular flexibility index (Phi) is 6.49. The molecule has 0 aromatic rings. The van der Waals surface area contributed by atoms with E-state index in [1.807, 2.05) is 4.90 Å². The molecule has 1 saturated carbocycles. The zero-order chi connectivity index (χ0) is 15.9. The summed E-state index contributed by atoms with van der Waals surface area (Å²) < 4.78 is 0. The predicted octanol–water partition coefficient (Wildman–Crippen LogP) is 1.03. The summed E-state index contributed by atoms with van der Waals surface area (Å²) in [5.41, 5.74) is 0. The minimum Gasteiger partial charge on any atom is -0.354 e. The molecule has 0 aromatic carbocycles. The normalized spacial score (nSPS) is 22.9. The lowest BCUT2D eigenvalue weighted by molar-refractivity contribution is -0.124. The highest BCUT2D eigenvalue weighted by atomic mass is 16.2. The highest BCUT2D eigenvalue weighted by molar-refractivity contribution is 5.79. The van der Waals surface area contributed by atoms with Gasteiger partial charge in [-0.1, -0.05) is 12.8 Å². The first-order valence-electron chi connectivity index (χ1n) is 8.55. The zero-order valence-corrected chi connectivity index (χ0v) is 13.9. The molecule has 3 amide bonds. The van der Waals surface area contributed by atoms with E-state index in [9.17, 15) is 9.59 Å². The number of rotatable bonds is 5. The van der Waals surface area contributed by atoms with Crippen molar-refractivity contribution < 1.29 is 9.59 Å². The van der Waals surface area contributed by atoms with Gasteiger partial charge in [0.15, 0.2) is 0 Å². The molecule has 0 bridgehead atoms. The summed E-state index contributed by atoms with van der Waals surface area (Å²) in [6, 6.07) is 0.434. The van der Waals surface area contributed by atoms with E-state index in [4.69, 9.17) is 0 Å². The molecule has 1 atom stereocenters. The average Bonchev–Trinajstić information content (AvgIpc) is 3.05. The number of hydrogen-bond donors (Lipinski definition) is 2. The fourth-order valence-corrected chi connectivity index (χ4v) is 3.36. The van der Waals surface area contributed by atoms with Gasteiger partial charge in [-0.3, -0.25) is 4.79 Å². The van der Waals surface area contributed by atoms with Gasteiger partial charge in [0.2, 0.25) is 5.91 Å². The molecule has 126 valence electrons. The SMILES string of the molecule is CN(C)[C@@H]1CCCN(C(=O)NCCNC(=O)C2CCCC2)C1. The van der Waals surface area contributed by atoms with E-state index in [1.165, 1.54) is 0 Å². The van der Waals surface area contributed by atoms with Gasteiger partial charge in [-0.15, -0.1) is 0 Å². The summed E-state index contributed by atoms with van der Waals surface area (Å²) >= 11 is 0. The van der Waals surface area contributed by atoms with E-state index in [-0.39, 0.29) is 17.9 Å². The van der Waals surface area contributed by atoms with Gasteiger partial charge in [0.05, 0.1) is 0 Å². The van der Waals surface area contributed by atoms with Gasteiger partial charge in [-0.05, 0) is 39.8 Å². The maximum Gasteiger partial charge on any atom is 0.317 e. The van der Waals surface area contributed by atoms with Crippen molar-refractivity contribution in [3.8, 4) is 0 Å². The van der Waals surface area contributed by atoms with Crippen molar-refractivity contribution in [2.24, 2.45) is 5.92 Å². The number of likely N-dealkylation sites (tertiary alicyclic amines) is 1. The third-order valence-electron chi connectivity index (χ3n) is 4.84. The highest BCUT2D eigenvalue weighted by Gasteiger charge is 2.25. The molecule has 6 nitrogen and oxygen atoms in total. The molecule has 1 saturated heterocycles. The van der Waals surface area contributed by atoms with Crippen LogP contribution in [0.25, 0.3) is 0 Å². The van der Waals surface area contributed by atoms with Crippen LogP contribution in [0.1, 0.15) is 38.5 Å². The summed E-state index contributed by atoms with van der Waals surface area (Å²) in [5, 5.41) is 5.84. The fourth-order valence-electron chi connectivity index (χ4n) is 3.36. The van der Waals surface area contributed by atoms with Crippen molar-refractivity contribution in [2.45, 2.75) is 44.6 Å². The Morgan fingerprint density at radius 1 is 1.05 bits per heavy atom. The molecule has 0 spiro atoms. The molecule has 1 heterocycles. The van der Waals surface area contributed by atoms with Crippen molar-refractivity contribution in [3.63, 3.8) is 0 Å². The molecule has 0 aromatic heterocycles. The van der Waals surface area contributed by atoms with Crippen LogP contribution in [-0.4, -0.2) is 68.1 Å². The second-order valence-electron chi connectivity index (χ2n) is 6.71. The van der Waals surface area contributed by atoms with Gasteiger partial charge < -0.3 is 20.4 Å². The van der Waals surface area contributed by atoms with Gasteiger partial charge in [-0.2, -0.15) is 0 Å². The van der Waals surface area contributed by atoms with E-state index >= 15 is 0 Å². The Balaban J connectivity index is 1.61. The van der Waals surface area contributed by atoms with E-state index in [1.54, 1.807) is 0 Å². The lowest BCUT2D eigenvalue weighted by Crippen LogP contribution is -2.51. The van der Waals surface area contributed by atoms with Crippen LogP contribution in [-0.2, 0) is 4.79 Å². The molecule has 2 N–H and O–H groups in total. The predicted molar refractivity (Wildman–Crippen MR) is 86.6 cm³/mol. The molecule has 0 unspecified atom stereocenters. The molecular formula is C16H30N4O2. The summed E-state index contributed by atoms with van der Waals surface area (Å²) in [4.78, 5) is 28.1. The number of piperidine rings is 1. The van der Waals surface area contributed by atoms with Crippen LogP contribution in [0, 0.1) is 5.92 Å². The summed E-state index contributed by atoms with van der Waals surface area (Å²) in [6.45, 7) is 2.63. The lowest BCUT2D eigenvalue weighted by Gasteiger charge is -2.36. The fraction of sp³-hybridized carbons (Fsp3) is 0.875. The van der Waals surface area contributed by atoms with Crippen molar-refractivity contribution in [1.82, 2.24) is 20.4 Å². The lowest BCUT2D eigenvalue weighted by atomic mass is 10.1. The van der Waals surface area contributed by atoms with Crippen LogP contribution >= 0.6 is 0 Å². The molecule has 2 rings (SSSR count). The molecular weight excluding hydrogens is 280 g/mol. The number of carbonyl (C=O) groups is 2. The maximum absolute atomic E-state index is 12.2.